The third-order valence-corrected chi connectivity index (χ3v) is 3.26. The largest absolute Gasteiger partial charge is 0.444 e. The van der Waals surface area contributed by atoms with Crippen molar-refractivity contribution in [1.29, 1.82) is 0 Å². The molecule has 0 fully saturated rings. The zero-order chi connectivity index (χ0) is 13.2. The first-order valence-corrected chi connectivity index (χ1v) is 6.26. The minimum Gasteiger partial charge on any atom is -0.444 e. The number of para-hydroxylation sites is 1. The second-order valence-electron chi connectivity index (χ2n) is 5.49. The topological polar surface area (TPSA) is 64.3 Å². The van der Waals surface area contributed by atoms with Gasteiger partial charge in [-0.15, -0.1) is 0 Å². The minimum absolute atomic E-state index is 0.453. The molecule has 18 heavy (non-hydrogen) atoms. The van der Waals surface area contributed by atoms with Gasteiger partial charge < -0.3 is 15.8 Å². The van der Waals surface area contributed by atoms with Crippen LogP contribution in [0.3, 0.4) is 0 Å². The summed E-state index contributed by atoms with van der Waals surface area (Å²) in [5.74, 6) is 0.453. The molecule has 0 spiro atoms. The van der Waals surface area contributed by atoms with E-state index in [-0.39, 0.29) is 0 Å². The van der Waals surface area contributed by atoms with E-state index in [1.807, 2.05) is 26.0 Å². The van der Waals surface area contributed by atoms with Crippen LogP contribution >= 0.6 is 0 Å². The van der Waals surface area contributed by atoms with E-state index in [2.05, 4.69) is 17.4 Å². The third-order valence-electron chi connectivity index (χ3n) is 3.26. The predicted molar refractivity (Wildman–Crippen MR) is 71.5 cm³/mol. The number of fused-ring (bicyclic) bond motifs is 1. The fourth-order valence-electron chi connectivity index (χ4n) is 2.66. The lowest BCUT2D eigenvalue weighted by Crippen LogP contribution is -2.36. The van der Waals surface area contributed by atoms with Gasteiger partial charge in [0.1, 0.15) is 5.60 Å². The van der Waals surface area contributed by atoms with Crippen LogP contribution in [0.1, 0.15) is 25.8 Å². The second-order valence-corrected chi connectivity index (χ2v) is 5.49. The van der Waals surface area contributed by atoms with Crippen LogP contribution in [0.2, 0.25) is 0 Å². The smallest absolute Gasteiger partial charge is 0.405 e. The molecule has 1 aliphatic heterocycles. The number of hydrogen-bond donors (Lipinski definition) is 2. The zero-order valence-corrected chi connectivity index (χ0v) is 10.9. The molecule has 0 aliphatic carbocycles. The number of rotatable bonds is 3. The normalized spacial score (nSPS) is 18.7. The molecule has 4 heteroatoms. The van der Waals surface area contributed by atoms with Crippen LogP contribution < -0.4 is 11.1 Å². The Morgan fingerprint density at radius 3 is 2.94 bits per heavy atom. The molecule has 0 saturated carbocycles. The van der Waals surface area contributed by atoms with Crippen molar-refractivity contribution >= 4 is 11.8 Å². The molecule has 1 heterocycles. The number of ether oxygens (including phenoxy) is 1. The quantitative estimate of drug-likeness (QED) is 0.864. The van der Waals surface area contributed by atoms with Crippen molar-refractivity contribution in [3.05, 3.63) is 29.8 Å². The summed E-state index contributed by atoms with van der Waals surface area (Å²) < 4.78 is 5.14. The van der Waals surface area contributed by atoms with Gasteiger partial charge in [-0.3, -0.25) is 0 Å². The fourth-order valence-corrected chi connectivity index (χ4v) is 2.66. The van der Waals surface area contributed by atoms with Gasteiger partial charge >= 0.3 is 6.09 Å². The molecule has 1 aliphatic rings. The van der Waals surface area contributed by atoms with Crippen molar-refractivity contribution in [3.8, 4) is 0 Å². The minimum atomic E-state index is -0.704. The van der Waals surface area contributed by atoms with Crippen molar-refractivity contribution in [1.82, 2.24) is 0 Å². The highest BCUT2D eigenvalue weighted by atomic mass is 16.6. The number of anilines is 1. The predicted octanol–water partition coefficient (Wildman–Crippen LogP) is 2.53. The Labute approximate surface area is 108 Å². The van der Waals surface area contributed by atoms with Crippen LogP contribution in [0, 0.1) is 5.92 Å². The van der Waals surface area contributed by atoms with Gasteiger partial charge in [0.25, 0.3) is 0 Å². The molecule has 0 bridgehead atoms. The Kier molecular flexibility index (Phi) is 3.45. The Bertz CT molecular complexity index is 443. The van der Waals surface area contributed by atoms with Gasteiger partial charge in [-0.25, -0.2) is 4.79 Å². The first kappa shape index (κ1) is 12.7. The Morgan fingerprint density at radius 2 is 2.22 bits per heavy atom. The average Bonchev–Trinajstić information content (AvgIpc) is 2.26. The monoisotopic (exact) mass is 248 g/mol. The molecule has 4 nitrogen and oxygen atoms in total. The summed E-state index contributed by atoms with van der Waals surface area (Å²) in [4.78, 5) is 10.8. The van der Waals surface area contributed by atoms with Crippen LogP contribution in [0.4, 0.5) is 10.5 Å². The van der Waals surface area contributed by atoms with E-state index >= 15 is 0 Å². The maximum atomic E-state index is 10.8. The lowest BCUT2D eigenvalue weighted by atomic mass is 9.85. The van der Waals surface area contributed by atoms with E-state index in [1.165, 1.54) is 11.3 Å². The highest BCUT2D eigenvalue weighted by Crippen LogP contribution is 2.30. The number of hydrogen-bond acceptors (Lipinski definition) is 3. The Hall–Kier alpha value is -1.71. The third kappa shape index (κ3) is 3.15. The van der Waals surface area contributed by atoms with Crippen LogP contribution in [-0.4, -0.2) is 18.2 Å². The molecule has 1 aromatic carbocycles. The second kappa shape index (κ2) is 4.88. The summed E-state index contributed by atoms with van der Waals surface area (Å²) in [6.07, 6.45) is 1.11. The summed E-state index contributed by atoms with van der Waals surface area (Å²) in [5.41, 5.74) is 7.11. The molecule has 0 aromatic heterocycles. The highest BCUT2D eigenvalue weighted by molar-refractivity contribution is 5.65. The van der Waals surface area contributed by atoms with Gasteiger partial charge in [-0.1, -0.05) is 18.2 Å². The first-order chi connectivity index (χ1) is 8.46. The van der Waals surface area contributed by atoms with E-state index in [0.717, 1.165) is 19.4 Å². The van der Waals surface area contributed by atoms with E-state index < -0.39 is 11.7 Å². The van der Waals surface area contributed by atoms with Crippen LogP contribution in [0.15, 0.2) is 24.3 Å². The molecule has 0 saturated heterocycles. The Balaban J connectivity index is 1.99. The van der Waals surface area contributed by atoms with Crippen molar-refractivity contribution in [2.75, 3.05) is 11.9 Å². The van der Waals surface area contributed by atoms with Crippen molar-refractivity contribution in [3.63, 3.8) is 0 Å². The van der Waals surface area contributed by atoms with E-state index in [4.69, 9.17) is 10.5 Å². The summed E-state index contributed by atoms with van der Waals surface area (Å²) in [5, 5.41) is 3.42. The number of carbonyl (C=O) groups is 1. The molecule has 1 aromatic rings. The van der Waals surface area contributed by atoms with Crippen LogP contribution in [0.5, 0.6) is 0 Å². The molecular weight excluding hydrogens is 228 g/mol. The number of nitrogens with two attached hydrogens (primary N) is 1. The summed E-state index contributed by atoms with van der Waals surface area (Å²) in [7, 11) is 0. The molecule has 1 amide bonds. The molecule has 3 N–H and O–H groups in total. The van der Waals surface area contributed by atoms with Gasteiger partial charge in [0.15, 0.2) is 0 Å². The maximum absolute atomic E-state index is 10.8. The SMILES string of the molecule is CC(C)(CC1CNc2ccccc2C1)OC(N)=O. The molecule has 0 radical (unpaired) electrons. The first-order valence-electron chi connectivity index (χ1n) is 6.26. The van der Waals surface area contributed by atoms with Crippen molar-refractivity contribution in [2.45, 2.75) is 32.3 Å². The lowest BCUT2D eigenvalue weighted by molar-refractivity contribution is 0.0275. The van der Waals surface area contributed by atoms with E-state index in [0.29, 0.717) is 5.92 Å². The standard InChI is InChI=1S/C14H20N2O2/c1-14(2,18-13(15)17)8-10-7-11-5-3-4-6-12(11)16-9-10/h3-6,10,16H,7-9H2,1-2H3,(H2,15,17). The molecule has 1 atom stereocenters. The highest BCUT2D eigenvalue weighted by Gasteiger charge is 2.28. The van der Waals surface area contributed by atoms with Crippen LogP contribution in [0.25, 0.3) is 0 Å². The molecule has 1 unspecified atom stereocenters. The summed E-state index contributed by atoms with van der Waals surface area (Å²) in [6.45, 7) is 4.71. The number of amides is 1. The van der Waals surface area contributed by atoms with Crippen molar-refractivity contribution < 1.29 is 9.53 Å². The molecular formula is C14H20N2O2. The average molecular weight is 248 g/mol. The summed E-state index contributed by atoms with van der Waals surface area (Å²) in [6, 6.07) is 8.31. The fraction of sp³-hybridized carbons (Fsp3) is 0.500. The maximum Gasteiger partial charge on any atom is 0.405 e. The van der Waals surface area contributed by atoms with Gasteiger partial charge in [-0.05, 0) is 44.2 Å². The van der Waals surface area contributed by atoms with Crippen LogP contribution in [-0.2, 0) is 11.2 Å². The number of primary amides is 1. The van der Waals surface area contributed by atoms with E-state index in [1.54, 1.807) is 0 Å². The van der Waals surface area contributed by atoms with Gasteiger partial charge in [0.2, 0.25) is 0 Å². The lowest BCUT2D eigenvalue weighted by Gasteiger charge is -2.32. The summed E-state index contributed by atoms with van der Waals surface area (Å²) >= 11 is 0. The van der Waals surface area contributed by atoms with Crippen molar-refractivity contribution in [2.24, 2.45) is 11.7 Å². The molecule has 98 valence electrons. The zero-order valence-electron chi connectivity index (χ0n) is 10.9. The van der Waals surface area contributed by atoms with Gasteiger partial charge in [0.05, 0.1) is 0 Å². The molecule has 2 rings (SSSR count). The van der Waals surface area contributed by atoms with E-state index in [9.17, 15) is 4.79 Å². The number of carbonyl (C=O) groups excluding carboxylic acids is 1. The Morgan fingerprint density at radius 1 is 1.50 bits per heavy atom. The van der Waals surface area contributed by atoms with Gasteiger partial charge in [0, 0.05) is 12.2 Å². The number of nitrogens with one attached hydrogen (secondary N) is 1. The number of benzene rings is 1. The van der Waals surface area contributed by atoms with Gasteiger partial charge in [-0.2, -0.15) is 0 Å².